The average molecular weight is 354 g/mol. The summed E-state index contributed by atoms with van der Waals surface area (Å²) < 4.78 is 39.5. The number of nitrogens with zero attached hydrogens (tertiary/aromatic N) is 2. The van der Waals surface area contributed by atoms with Crippen molar-refractivity contribution in [2.24, 2.45) is 7.05 Å². The van der Waals surface area contributed by atoms with Gasteiger partial charge in [0.25, 0.3) is 0 Å². The zero-order valence-electron chi connectivity index (χ0n) is 13.7. The quantitative estimate of drug-likeness (QED) is 0.514. The standard InChI is InChI=1S/C20H13F3N2O/c1-25-13-24-17(12-7-14-5-3-2-4-6-14)18(25)19(26)15-8-10-16(11-9-15)20(21,22)23/h2-6,8-11,13H,1H3. The first-order valence-electron chi connectivity index (χ1n) is 7.66. The van der Waals surface area contributed by atoms with Crippen LogP contribution in [0.4, 0.5) is 13.2 Å². The topological polar surface area (TPSA) is 34.9 Å². The molecule has 0 spiro atoms. The van der Waals surface area contributed by atoms with E-state index in [9.17, 15) is 18.0 Å². The van der Waals surface area contributed by atoms with Crippen LogP contribution in [0.3, 0.4) is 0 Å². The summed E-state index contributed by atoms with van der Waals surface area (Å²) in [6.07, 6.45) is -2.99. The molecule has 130 valence electrons. The van der Waals surface area contributed by atoms with Crippen LogP contribution in [-0.2, 0) is 13.2 Å². The van der Waals surface area contributed by atoms with Gasteiger partial charge < -0.3 is 4.57 Å². The molecule has 0 aliphatic rings. The Morgan fingerprint density at radius 1 is 1.00 bits per heavy atom. The molecule has 0 fully saturated rings. The number of alkyl halides is 3. The monoisotopic (exact) mass is 354 g/mol. The zero-order valence-corrected chi connectivity index (χ0v) is 13.7. The molecule has 0 aliphatic carbocycles. The first kappa shape index (κ1) is 17.5. The molecule has 1 heterocycles. The number of imidazole rings is 1. The highest BCUT2D eigenvalue weighted by molar-refractivity contribution is 6.09. The summed E-state index contributed by atoms with van der Waals surface area (Å²) in [5.41, 5.74) is 0.619. The predicted molar refractivity (Wildman–Crippen MR) is 90.5 cm³/mol. The van der Waals surface area contributed by atoms with Crippen molar-refractivity contribution >= 4 is 5.78 Å². The number of aryl methyl sites for hydroxylation is 1. The first-order chi connectivity index (χ1) is 12.4. The Kier molecular flexibility index (Phi) is 4.63. The van der Waals surface area contributed by atoms with Gasteiger partial charge in [0, 0.05) is 18.2 Å². The molecule has 0 unspecified atom stereocenters. The summed E-state index contributed by atoms with van der Waals surface area (Å²) in [5, 5.41) is 0. The summed E-state index contributed by atoms with van der Waals surface area (Å²) in [6.45, 7) is 0. The maximum absolute atomic E-state index is 12.7. The molecule has 3 nitrogen and oxygen atoms in total. The fourth-order valence-corrected chi connectivity index (χ4v) is 2.39. The van der Waals surface area contributed by atoms with E-state index in [1.165, 1.54) is 10.9 Å². The molecule has 6 heteroatoms. The fraction of sp³-hybridized carbons (Fsp3) is 0.100. The Bertz CT molecular complexity index is 992. The number of halogens is 3. The molecule has 0 radical (unpaired) electrons. The normalized spacial score (nSPS) is 10.9. The van der Waals surface area contributed by atoms with Gasteiger partial charge >= 0.3 is 6.18 Å². The van der Waals surface area contributed by atoms with Gasteiger partial charge in [0.15, 0.2) is 0 Å². The highest BCUT2D eigenvalue weighted by atomic mass is 19.4. The van der Waals surface area contributed by atoms with Crippen molar-refractivity contribution in [3.8, 4) is 11.8 Å². The minimum absolute atomic E-state index is 0.143. The van der Waals surface area contributed by atoms with Crippen molar-refractivity contribution < 1.29 is 18.0 Å². The van der Waals surface area contributed by atoms with E-state index in [0.29, 0.717) is 0 Å². The number of hydrogen-bond donors (Lipinski definition) is 0. The molecule has 26 heavy (non-hydrogen) atoms. The smallest absolute Gasteiger partial charge is 0.330 e. The van der Waals surface area contributed by atoms with E-state index in [0.717, 1.165) is 29.8 Å². The number of ketones is 1. The summed E-state index contributed by atoms with van der Waals surface area (Å²) in [6, 6.07) is 13.3. The van der Waals surface area contributed by atoms with Crippen LogP contribution in [0.2, 0.25) is 0 Å². The Balaban J connectivity index is 1.94. The van der Waals surface area contributed by atoms with Crippen LogP contribution in [0.5, 0.6) is 0 Å². The maximum atomic E-state index is 12.7. The average Bonchev–Trinajstić information content (AvgIpc) is 3.00. The lowest BCUT2D eigenvalue weighted by Gasteiger charge is -2.07. The second-order valence-electron chi connectivity index (χ2n) is 5.57. The fourth-order valence-electron chi connectivity index (χ4n) is 2.39. The number of rotatable bonds is 2. The first-order valence-corrected chi connectivity index (χ1v) is 7.66. The lowest BCUT2D eigenvalue weighted by atomic mass is 10.0. The molecule has 2 aromatic carbocycles. The van der Waals surface area contributed by atoms with Gasteiger partial charge in [-0.25, -0.2) is 4.98 Å². The number of benzene rings is 2. The minimum atomic E-state index is -4.44. The van der Waals surface area contributed by atoms with E-state index >= 15 is 0 Å². The van der Waals surface area contributed by atoms with E-state index in [1.54, 1.807) is 7.05 Å². The molecule has 0 bridgehead atoms. The SMILES string of the molecule is Cn1cnc(C#Cc2ccccc2)c1C(=O)c1ccc(C(F)(F)F)cc1. The van der Waals surface area contributed by atoms with E-state index < -0.39 is 17.5 Å². The van der Waals surface area contributed by atoms with Crippen LogP contribution in [0, 0.1) is 11.8 Å². The third-order valence-electron chi connectivity index (χ3n) is 3.73. The molecule has 0 saturated heterocycles. The Hall–Kier alpha value is -3.33. The van der Waals surface area contributed by atoms with Gasteiger partial charge in [0.1, 0.15) is 11.4 Å². The van der Waals surface area contributed by atoms with Crippen molar-refractivity contribution in [2.45, 2.75) is 6.18 Å². The Morgan fingerprint density at radius 3 is 2.27 bits per heavy atom. The highest BCUT2D eigenvalue weighted by Gasteiger charge is 2.30. The van der Waals surface area contributed by atoms with Gasteiger partial charge in [0.05, 0.1) is 11.9 Å². The molecular formula is C20H13F3N2O. The second-order valence-corrected chi connectivity index (χ2v) is 5.57. The lowest BCUT2D eigenvalue weighted by Crippen LogP contribution is -2.10. The number of carbonyl (C=O) groups is 1. The van der Waals surface area contributed by atoms with Crippen LogP contribution in [0.25, 0.3) is 0 Å². The lowest BCUT2D eigenvalue weighted by molar-refractivity contribution is -0.137. The van der Waals surface area contributed by atoms with Crippen molar-refractivity contribution in [3.63, 3.8) is 0 Å². The molecule has 0 amide bonds. The molecule has 3 aromatic rings. The second kappa shape index (κ2) is 6.89. The van der Waals surface area contributed by atoms with Crippen LogP contribution in [-0.4, -0.2) is 15.3 Å². The van der Waals surface area contributed by atoms with E-state index in [2.05, 4.69) is 16.8 Å². The van der Waals surface area contributed by atoms with Gasteiger partial charge in [-0.2, -0.15) is 13.2 Å². The van der Waals surface area contributed by atoms with Gasteiger partial charge in [-0.05, 0) is 30.2 Å². The third-order valence-corrected chi connectivity index (χ3v) is 3.73. The van der Waals surface area contributed by atoms with Gasteiger partial charge in [-0.1, -0.05) is 36.3 Å². The van der Waals surface area contributed by atoms with Crippen LogP contribution >= 0.6 is 0 Å². The Morgan fingerprint density at radius 2 is 1.65 bits per heavy atom. The van der Waals surface area contributed by atoms with Crippen molar-refractivity contribution in [1.82, 2.24) is 9.55 Å². The predicted octanol–water partition coefficient (Wildman–Crippen LogP) is 4.07. The van der Waals surface area contributed by atoms with E-state index in [1.807, 2.05) is 30.3 Å². The summed E-state index contributed by atoms with van der Waals surface area (Å²) in [7, 11) is 1.64. The largest absolute Gasteiger partial charge is 0.416 e. The van der Waals surface area contributed by atoms with E-state index in [-0.39, 0.29) is 17.0 Å². The van der Waals surface area contributed by atoms with Crippen LogP contribution in [0.1, 0.15) is 32.9 Å². The molecule has 1 aromatic heterocycles. The number of hydrogen-bond acceptors (Lipinski definition) is 2. The van der Waals surface area contributed by atoms with Crippen molar-refractivity contribution in [2.75, 3.05) is 0 Å². The molecule has 0 saturated carbocycles. The third kappa shape index (κ3) is 3.67. The molecular weight excluding hydrogens is 341 g/mol. The molecule has 0 aliphatic heterocycles. The summed E-state index contributed by atoms with van der Waals surface area (Å²) in [4.78, 5) is 16.8. The van der Waals surface area contributed by atoms with Crippen molar-refractivity contribution in [3.05, 3.63) is 89.0 Å². The number of aromatic nitrogens is 2. The van der Waals surface area contributed by atoms with Gasteiger partial charge in [-0.15, -0.1) is 0 Å². The zero-order chi connectivity index (χ0) is 18.7. The van der Waals surface area contributed by atoms with Gasteiger partial charge in [-0.3, -0.25) is 4.79 Å². The summed E-state index contributed by atoms with van der Waals surface area (Å²) >= 11 is 0. The van der Waals surface area contributed by atoms with E-state index in [4.69, 9.17) is 0 Å². The Labute approximate surface area is 148 Å². The summed E-state index contributed by atoms with van der Waals surface area (Å²) in [5.74, 6) is 5.34. The number of carbonyl (C=O) groups excluding carboxylic acids is 1. The van der Waals surface area contributed by atoms with Crippen LogP contribution in [0.15, 0.2) is 60.9 Å². The van der Waals surface area contributed by atoms with Gasteiger partial charge in [0.2, 0.25) is 5.78 Å². The minimum Gasteiger partial charge on any atom is -0.330 e. The van der Waals surface area contributed by atoms with Crippen molar-refractivity contribution in [1.29, 1.82) is 0 Å². The molecule has 0 atom stereocenters. The maximum Gasteiger partial charge on any atom is 0.416 e. The molecule has 0 N–H and O–H groups in total. The van der Waals surface area contributed by atoms with Crippen LogP contribution < -0.4 is 0 Å². The molecule has 3 rings (SSSR count). The highest BCUT2D eigenvalue weighted by Crippen LogP contribution is 2.29.